The van der Waals surface area contributed by atoms with Gasteiger partial charge in [-0.3, -0.25) is 4.79 Å². The third kappa shape index (κ3) is 5.46. The zero-order valence-electron chi connectivity index (χ0n) is 11.9. The first-order valence-electron chi connectivity index (χ1n) is 6.35. The number of hydrogen-bond acceptors (Lipinski definition) is 5. The number of aromatic nitrogens is 1. The Kier molecular flexibility index (Phi) is 5.41. The number of nitrogens with zero attached hydrogens (tertiary/aromatic N) is 1. The number of amides is 1. The number of nitrogens with one attached hydrogen (secondary N) is 2. The van der Waals surface area contributed by atoms with Crippen molar-refractivity contribution in [2.45, 2.75) is 39.8 Å². The molecule has 106 valence electrons. The largest absolute Gasteiger partial charge is 0.473 e. The van der Waals surface area contributed by atoms with E-state index in [1.165, 1.54) is 0 Å². The van der Waals surface area contributed by atoms with Crippen molar-refractivity contribution in [1.29, 1.82) is 0 Å². The smallest absolute Gasteiger partial charge is 0.239 e. The highest BCUT2D eigenvalue weighted by Gasteiger charge is 2.08. The van der Waals surface area contributed by atoms with Crippen molar-refractivity contribution in [1.82, 2.24) is 10.3 Å². The Morgan fingerprint density at radius 1 is 1.37 bits per heavy atom. The summed E-state index contributed by atoms with van der Waals surface area (Å²) in [4.78, 5) is 15.7. The number of hydrogen-bond donors (Lipinski definition) is 3. The maximum atomic E-state index is 11.5. The summed E-state index contributed by atoms with van der Waals surface area (Å²) >= 11 is 0. The number of nitrogens with two attached hydrogens (primary N) is 1. The minimum atomic E-state index is -0.0834. The van der Waals surface area contributed by atoms with Gasteiger partial charge in [0.05, 0.1) is 18.3 Å². The van der Waals surface area contributed by atoms with E-state index in [9.17, 15) is 4.79 Å². The van der Waals surface area contributed by atoms with Gasteiger partial charge >= 0.3 is 0 Å². The molecule has 0 bridgehead atoms. The molecule has 0 aliphatic heterocycles. The van der Waals surface area contributed by atoms with Crippen molar-refractivity contribution in [3.05, 3.63) is 12.1 Å². The van der Waals surface area contributed by atoms with Crippen LogP contribution in [0.25, 0.3) is 0 Å². The van der Waals surface area contributed by atoms with Gasteiger partial charge in [0.1, 0.15) is 5.82 Å². The standard InChI is InChI=1S/C13H22N4O2/c1-8(2)16-12(18)7-15-11-6-5-10(14)13(17-11)19-9(3)4/h5-6,8-9H,7,14H2,1-4H3,(H,15,17)(H,16,18). The van der Waals surface area contributed by atoms with Crippen LogP contribution in [0.15, 0.2) is 12.1 Å². The van der Waals surface area contributed by atoms with Gasteiger partial charge in [-0.2, -0.15) is 4.98 Å². The Bertz CT molecular complexity index is 433. The van der Waals surface area contributed by atoms with Crippen molar-refractivity contribution in [2.24, 2.45) is 0 Å². The van der Waals surface area contributed by atoms with E-state index in [0.717, 1.165) is 0 Å². The van der Waals surface area contributed by atoms with Crippen LogP contribution < -0.4 is 21.1 Å². The fourth-order valence-corrected chi connectivity index (χ4v) is 1.41. The first kappa shape index (κ1) is 15.1. The molecular formula is C13H22N4O2. The van der Waals surface area contributed by atoms with E-state index in [0.29, 0.717) is 17.4 Å². The zero-order chi connectivity index (χ0) is 14.4. The number of rotatable bonds is 6. The molecule has 0 aliphatic rings. The second-order valence-corrected chi connectivity index (χ2v) is 4.83. The zero-order valence-corrected chi connectivity index (χ0v) is 11.9. The summed E-state index contributed by atoms with van der Waals surface area (Å²) in [5, 5.41) is 5.72. The normalized spacial score (nSPS) is 10.6. The van der Waals surface area contributed by atoms with E-state index in [4.69, 9.17) is 10.5 Å². The quantitative estimate of drug-likeness (QED) is 0.724. The minimum Gasteiger partial charge on any atom is -0.473 e. The first-order valence-corrected chi connectivity index (χ1v) is 6.35. The lowest BCUT2D eigenvalue weighted by Gasteiger charge is -2.13. The number of carbonyl (C=O) groups excluding carboxylic acids is 1. The van der Waals surface area contributed by atoms with E-state index in [2.05, 4.69) is 15.6 Å². The van der Waals surface area contributed by atoms with Gasteiger partial charge in [0.2, 0.25) is 11.8 Å². The molecule has 0 spiro atoms. The molecular weight excluding hydrogens is 244 g/mol. The van der Waals surface area contributed by atoms with Crippen molar-refractivity contribution in [2.75, 3.05) is 17.6 Å². The molecule has 0 aromatic carbocycles. The molecule has 0 aliphatic carbocycles. The summed E-state index contributed by atoms with van der Waals surface area (Å²) in [5.41, 5.74) is 6.24. The Morgan fingerprint density at radius 2 is 2.05 bits per heavy atom. The van der Waals surface area contributed by atoms with Crippen LogP contribution in [0.4, 0.5) is 11.5 Å². The molecule has 6 nitrogen and oxygen atoms in total. The lowest BCUT2D eigenvalue weighted by Crippen LogP contribution is -2.34. The van der Waals surface area contributed by atoms with Gasteiger partial charge in [0.25, 0.3) is 0 Å². The van der Waals surface area contributed by atoms with E-state index >= 15 is 0 Å². The van der Waals surface area contributed by atoms with Crippen LogP contribution in [0.3, 0.4) is 0 Å². The molecule has 6 heteroatoms. The van der Waals surface area contributed by atoms with Gasteiger partial charge in [-0.15, -0.1) is 0 Å². The maximum absolute atomic E-state index is 11.5. The van der Waals surface area contributed by atoms with Gasteiger partial charge in [0, 0.05) is 6.04 Å². The number of anilines is 2. The van der Waals surface area contributed by atoms with E-state index in [-0.39, 0.29) is 24.6 Å². The lowest BCUT2D eigenvalue weighted by molar-refractivity contribution is -0.119. The number of ether oxygens (including phenoxy) is 1. The number of pyridine rings is 1. The highest BCUT2D eigenvalue weighted by molar-refractivity contribution is 5.80. The Labute approximate surface area is 113 Å². The molecule has 0 saturated carbocycles. The molecule has 1 amide bonds. The SMILES string of the molecule is CC(C)NC(=O)CNc1ccc(N)c(OC(C)C)n1. The Balaban J connectivity index is 2.61. The van der Waals surface area contributed by atoms with Gasteiger partial charge in [-0.25, -0.2) is 0 Å². The van der Waals surface area contributed by atoms with Crippen molar-refractivity contribution in [3.8, 4) is 5.88 Å². The summed E-state index contributed by atoms with van der Waals surface area (Å²) in [7, 11) is 0. The van der Waals surface area contributed by atoms with Crippen LogP contribution in [-0.4, -0.2) is 29.6 Å². The third-order valence-corrected chi connectivity index (χ3v) is 2.12. The van der Waals surface area contributed by atoms with E-state index in [1.807, 2.05) is 27.7 Å². The second kappa shape index (κ2) is 6.82. The highest BCUT2D eigenvalue weighted by Crippen LogP contribution is 2.21. The number of carbonyl (C=O) groups is 1. The third-order valence-electron chi connectivity index (χ3n) is 2.12. The minimum absolute atomic E-state index is 0.00529. The van der Waals surface area contributed by atoms with Gasteiger partial charge in [0.15, 0.2) is 0 Å². The predicted molar refractivity (Wildman–Crippen MR) is 76.2 cm³/mol. The van der Waals surface area contributed by atoms with Gasteiger partial charge in [-0.05, 0) is 39.8 Å². The molecule has 1 aromatic rings. The van der Waals surface area contributed by atoms with Crippen molar-refractivity contribution < 1.29 is 9.53 Å². The highest BCUT2D eigenvalue weighted by atomic mass is 16.5. The summed E-state index contributed by atoms with van der Waals surface area (Å²) < 4.78 is 5.48. The lowest BCUT2D eigenvalue weighted by atomic mass is 10.3. The maximum Gasteiger partial charge on any atom is 0.239 e. The average molecular weight is 266 g/mol. The summed E-state index contributed by atoms with van der Waals surface area (Å²) in [6, 6.07) is 3.53. The monoisotopic (exact) mass is 266 g/mol. The molecule has 1 heterocycles. The molecule has 4 N–H and O–H groups in total. The molecule has 0 fully saturated rings. The molecule has 0 atom stereocenters. The topological polar surface area (TPSA) is 89.3 Å². The van der Waals surface area contributed by atoms with Gasteiger partial charge < -0.3 is 21.1 Å². The molecule has 0 saturated heterocycles. The molecule has 0 unspecified atom stereocenters. The van der Waals surface area contributed by atoms with Crippen LogP contribution in [0.5, 0.6) is 5.88 Å². The van der Waals surface area contributed by atoms with Crippen LogP contribution in [0.2, 0.25) is 0 Å². The van der Waals surface area contributed by atoms with Crippen LogP contribution >= 0.6 is 0 Å². The summed E-state index contributed by atoms with van der Waals surface area (Å²) in [6.45, 7) is 7.78. The number of nitrogen functional groups attached to an aromatic ring is 1. The average Bonchev–Trinajstić information content (AvgIpc) is 2.28. The fraction of sp³-hybridized carbons (Fsp3) is 0.538. The molecule has 19 heavy (non-hydrogen) atoms. The molecule has 1 rings (SSSR count). The Morgan fingerprint density at radius 3 is 2.63 bits per heavy atom. The van der Waals surface area contributed by atoms with Gasteiger partial charge in [-0.1, -0.05) is 0 Å². The molecule has 1 aromatic heterocycles. The Hall–Kier alpha value is -1.98. The second-order valence-electron chi connectivity index (χ2n) is 4.83. The van der Waals surface area contributed by atoms with Crippen molar-refractivity contribution in [3.63, 3.8) is 0 Å². The van der Waals surface area contributed by atoms with Crippen LogP contribution in [0, 0.1) is 0 Å². The van der Waals surface area contributed by atoms with Crippen LogP contribution in [-0.2, 0) is 4.79 Å². The summed E-state index contributed by atoms with van der Waals surface area (Å²) in [5.74, 6) is 0.855. The fourth-order valence-electron chi connectivity index (χ4n) is 1.41. The first-order chi connectivity index (χ1) is 8.88. The summed E-state index contributed by atoms with van der Waals surface area (Å²) in [6.07, 6.45) is -0.00529. The van der Waals surface area contributed by atoms with Crippen molar-refractivity contribution >= 4 is 17.4 Å². The molecule has 0 radical (unpaired) electrons. The van der Waals surface area contributed by atoms with E-state index < -0.39 is 0 Å². The van der Waals surface area contributed by atoms with Crippen LogP contribution in [0.1, 0.15) is 27.7 Å². The predicted octanol–water partition coefficient (Wildman–Crippen LogP) is 1.39. The van der Waals surface area contributed by atoms with E-state index in [1.54, 1.807) is 12.1 Å².